The molecule has 1 aromatic rings. The van der Waals surface area contributed by atoms with E-state index in [0.717, 1.165) is 24.9 Å². The molecule has 0 aliphatic heterocycles. The van der Waals surface area contributed by atoms with Crippen molar-refractivity contribution in [1.29, 1.82) is 0 Å². The third kappa shape index (κ3) is 2.25. The fourth-order valence-corrected chi connectivity index (χ4v) is 2.71. The standard InChI is InChI=1S/C14H23N3/c1-3-15-8-13-9-16-17(10(2)11-4-5-11)14(13)12-6-7-12/h9-12,15H,3-8H2,1-2H3. The van der Waals surface area contributed by atoms with Crippen molar-refractivity contribution in [2.24, 2.45) is 5.92 Å². The summed E-state index contributed by atoms with van der Waals surface area (Å²) >= 11 is 0. The van der Waals surface area contributed by atoms with Crippen molar-refractivity contribution >= 4 is 0 Å². The molecule has 0 bridgehead atoms. The summed E-state index contributed by atoms with van der Waals surface area (Å²) in [5.41, 5.74) is 2.97. The van der Waals surface area contributed by atoms with Crippen LogP contribution < -0.4 is 5.32 Å². The zero-order valence-corrected chi connectivity index (χ0v) is 10.9. The zero-order valence-electron chi connectivity index (χ0n) is 10.9. The van der Waals surface area contributed by atoms with E-state index < -0.39 is 0 Å². The van der Waals surface area contributed by atoms with Crippen LogP contribution in [0.4, 0.5) is 0 Å². The molecule has 1 atom stereocenters. The molecule has 2 aliphatic rings. The molecule has 1 aromatic heterocycles. The Hall–Kier alpha value is -0.830. The van der Waals surface area contributed by atoms with Gasteiger partial charge in [0.1, 0.15) is 0 Å². The molecule has 0 amide bonds. The maximum Gasteiger partial charge on any atom is 0.0537 e. The van der Waals surface area contributed by atoms with Gasteiger partial charge < -0.3 is 5.32 Å². The Balaban J connectivity index is 1.83. The predicted molar refractivity (Wildman–Crippen MR) is 69.0 cm³/mol. The van der Waals surface area contributed by atoms with Crippen LogP contribution in [0.1, 0.15) is 62.7 Å². The van der Waals surface area contributed by atoms with Crippen LogP contribution in [0.25, 0.3) is 0 Å². The molecule has 17 heavy (non-hydrogen) atoms. The van der Waals surface area contributed by atoms with Gasteiger partial charge in [-0.1, -0.05) is 6.92 Å². The first-order chi connectivity index (χ1) is 8.31. The van der Waals surface area contributed by atoms with Gasteiger partial charge in [-0.25, -0.2) is 0 Å². The van der Waals surface area contributed by atoms with Gasteiger partial charge in [0.05, 0.1) is 12.2 Å². The normalized spacial score (nSPS) is 21.8. The highest BCUT2D eigenvalue weighted by Crippen LogP contribution is 2.46. The topological polar surface area (TPSA) is 29.9 Å². The van der Waals surface area contributed by atoms with E-state index in [0.29, 0.717) is 6.04 Å². The summed E-state index contributed by atoms with van der Waals surface area (Å²) in [5.74, 6) is 1.69. The molecule has 3 heteroatoms. The molecule has 0 spiro atoms. The number of rotatable bonds is 6. The van der Waals surface area contributed by atoms with Crippen molar-refractivity contribution in [3.8, 4) is 0 Å². The highest BCUT2D eigenvalue weighted by Gasteiger charge is 2.35. The van der Waals surface area contributed by atoms with Crippen LogP contribution in [0.5, 0.6) is 0 Å². The van der Waals surface area contributed by atoms with Crippen molar-refractivity contribution in [1.82, 2.24) is 15.1 Å². The maximum absolute atomic E-state index is 4.67. The molecular formula is C14H23N3. The molecule has 2 fully saturated rings. The number of aromatic nitrogens is 2. The molecule has 1 N–H and O–H groups in total. The van der Waals surface area contributed by atoms with Crippen LogP contribution in [0.2, 0.25) is 0 Å². The SMILES string of the molecule is CCNCc1cnn(C(C)C2CC2)c1C1CC1. The van der Waals surface area contributed by atoms with E-state index in [1.165, 1.54) is 36.9 Å². The van der Waals surface area contributed by atoms with Gasteiger partial charge in [-0.15, -0.1) is 0 Å². The largest absolute Gasteiger partial charge is 0.313 e. The van der Waals surface area contributed by atoms with E-state index in [-0.39, 0.29) is 0 Å². The molecule has 2 saturated carbocycles. The molecule has 1 unspecified atom stereocenters. The summed E-state index contributed by atoms with van der Waals surface area (Å²) in [6.07, 6.45) is 7.61. The van der Waals surface area contributed by atoms with Crippen LogP contribution >= 0.6 is 0 Å². The summed E-state index contributed by atoms with van der Waals surface area (Å²) in [6, 6.07) is 0.612. The van der Waals surface area contributed by atoms with Crippen LogP contribution in [0.15, 0.2) is 6.20 Å². The van der Waals surface area contributed by atoms with Gasteiger partial charge in [-0.3, -0.25) is 4.68 Å². The highest BCUT2D eigenvalue weighted by molar-refractivity contribution is 5.26. The minimum Gasteiger partial charge on any atom is -0.313 e. The molecule has 3 rings (SSSR count). The highest BCUT2D eigenvalue weighted by atomic mass is 15.3. The second-order valence-electron chi connectivity index (χ2n) is 5.63. The smallest absolute Gasteiger partial charge is 0.0537 e. The lowest BCUT2D eigenvalue weighted by molar-refractivity contribution is 0.424. The average molecular weight is 233 g/mol. The van der Waals surface area contributed by atoms with Crippen molar-refractivity contribution in [3.63, 3.8) is 0 Å². The quantitative estimate of drug-likeness (QED) is 0.819. The van der Waals surface area contributed by atoms with E-state index in [2.05, 4.69) is 35.1 Å². The molecule has 0 aromatic carbocycles. The molecule has 94 valence electrons. The summed E-state index contributed by atoms with van der Waals surface area (Å²) in [6.45, 7) is 6.52. The first kappa shape index (κ1) is 11.3. The van der Waals surface area contributed by atoms with Gasteiger partial charge in [0.15, 0.2) is 0 Å². The van der Waals surface area contributed by atoms with E-state index in [9.17, 15) is 0 Å². The number of hydrogen-bond acceptors (Lipinski definition) is 2. The van der Waals surface area contributed by atoms with E-state index in [4.69, 9.17) is 0 Å². The first-order valence-electron chi connectivity index (χ1n) is 7.08. The number of nitrogens with one attached hydrogen (secondary N) is 1. The van der Waals surface area contributed by atoms with Crippen LogP contribution in [0.3, 0.4) is 0 Å². The fraction of sp³-hybridized carbons (Fsp3) is 0.786. The van der Waals surface area contributed by atoms with Crippen molar-refractivity contribution in [2.75, 3.05) is 6.54 Å². The molecule has 0 saturated heterocycles. The average Bonchev–Trinajstić information content (AvgIpc) is 3.22. The number of nitrogens with zero attached hydrogens (tertiary/aromatic N) is 2. The van der Waals surface area contributed by atoms with E-state index in [1.54, 1.807) is 0 Å². The van der Waals surface area contributed by atoms with Crippen molar-refractivity contribution in [3.05, 3.63) is 17.5 Å². The summed E-state index contributed by atoms with van der Waals surface area (Å²) in [7, 11) is 0. The minimum absolute atomic E-state index is 0.612. The van der Waals surface area contributed by atoms with Crippen molar-refractivity contribution < 1.29 is 0 Å². The van der Waals surface area contributed by atoms with Crippen LogP contribution in [0, 0.1) is 5.92 Å². The van der Waals surface area contributed by atoms with E-state index >= 15 is 0 Å². The number of hydrogen-bond donors (Lipinski definition) is 1. The monoisotopic (exact) mass is 233 g/mol. The lowest BCUT2D eigenvalue weighted by Crippen LogP contribution is -2.15. The van der Waals surface area contributed by atoms with Gasteiger partial charge in [0.2, 0.25) is 0 Å². The molecule has 3 nitrogen and oxygen atoms in total. The molecular weight excluding hydrogens is 210 g/mol. The van der Waals surface area contributed by atoms with Crippen LogP contribution in [-0.4, -0.2) is 16.3 Å². The predicted octanol–water partition coefficient (Wildman–Crippen LogP) is 2.84. The Bertz CT molecular complexity index is 388. The van der Waals surface area contributed by atoms with Crippen LogP contribution in [-0.2, 0) is 6.54 Å². The summed E-state index contributed by atoms with van der Waals surface area (Å²) in [4.78, 5) is 0. The third-order valence-electron chi connectivity index (χ3n) is 4.13. The minimum atomic E-state index is 0.612. The molecule has 2 aliphatic carbocycles. The van der Waals surface area contributed by atoms with Gasteiger partial charge >= 0.3 is 0 Å². The lowest BCUT2D eigenvalue weighted by Gasteiger charge is -2.16. The van der Waals surface area contributed by atoms with Crippen molar-refractivity contribution in [2.45, 2.75) is 58.0 Å². The Kier molecular flexibility index (Phi) is 2.95. The van der Waals surface area contributed by atoms with Gasteiger partial charge in [-0.05, 0) is 45.1 Å². The Labute approximate surface area is 104 Å². The Morgan fingerprint density at radius 1 is 1.41 bits per heavy atom. The summed E-state index contributed by atoms with van der Waals surface area (Å²) < 4.78 is 2.34. The Morgan fingerprint density at radius 2 is 2.18 bits per heavy atom. The lowest BCUT2D eigenvalue weighted by atomic mass is 10.1. The zero-order chi connectivity index (χ0) is 11.8. The van der Waals surface area contributed by atoms with E-state index in [1.807, 2.05) is 0 Å². The first-order valence-corrected chi connectivity index (χ1v) is 7.08. The molecule has 1 heterocycles. The van der Waals surface area contributed by atoms with Gasteiger partial charge in [0, 0.05) is 23.7 Å². The Morgan fingerprint density at radius 3 is 2.76 bits per heavy atom. The second-order valence-corrected chi connectivity index (χ2v) is 5.63. The fourth-order valence-electron chi connectivity index (χ4n) is 2.71. The second kappa shape index (κ2) is 4.45. The van der Waals surface area contributed by atoms with Gasteiger partial charge in [-0.2, -0.15) is 5.10 Å². The third-order valence-corrected chi connectivity index (χ3v) is 4.13. The van der Waals surface area contributed by atoms with Gasteiger partial charge in [0.25, 0.3) is 0 Å². The summed E-state index contributed by atoms with van der Waals surface area (Å²) in [5, 5.41) is 8.10. The maximum atomic E-state index is 4.67. The molecule has 0 radical (unpaired) electrons.